The number of ether oxygens (including phenoxy) is 1. The van der Waals surface area contributed by atoms with E-state index in [1.807, 2.05) is 0 Å². The Morgan fingerprint density at radius 3 is 2.75 bits per heavy atom. The van der Waals surface area contributed by atoms with Crippen LogP contribution in [0.2, 0.25) is 0 Å². The van der Waals surface area contributed by atoms with Gasteiger partial charge in [0.15, 0.2) is 17.3 Å². The zero-order chi connectivity index (χ0) is 9.14. The zero-order valence-electron chi connectivity index (χ0n) is 7.10. The highest BCUT2D eigenvalue weighted by atomic mass is 19.1. The lowest BCUT2D eigenvalue weighted by Crippen LogP contribution is -1.94. The third-order valence-corrected chi connectivity index (χ3v) is 1.57. The predicted molar refractivity (Wildman–Crippen MR) is 44.0 cm³/mol. The molecule has 66 valence electrons. The number of phenolic OH excluding ortho intramolecular Hbond substituents is 1. The minimum Gasteiger partial charge on any atom is -0.502 e. The number of benzene rings is 1. The maximum atomic E-state index is 13.0. The largest absolute Gasteiger partial charge is 0.502 e. The summed E-state index contributed by atoms with van der Waals surface area (Å²) in [4.78, 5) is 0. The summed E-state index contributed by atoms with van der Waals surface area (Å²) in [6.07, 6.45) is 0. The lowest BCUT2D eigenvalue weighted by molar-refractivity contribution is 0.309. The van der Waals surface area contributed by atoms with Gasteiger partial charge < -0.3 is 9.84 Å². The zero-order valence-corrected chi connectivity index (χ0v) is 7.10. The normalized spacial score (nSPS) is 9.92. The molecule has 0 amide bonds. The van der Waals surface area contributed by atoms with Crippen molar-refractivity contribution in [2.45, 2.75) is 13.8 Å². The van der Waals surface area contributed by atoms with Crippen molar-refractivity contribution < 1.29 is 14.2 Å². The highest BCUT2D eigenvalue weighted by Gasteiger charge is 2.09. The van der Waals surface area contributed by atoms with Crippen molar-refractivity contribution in [1.29, 1.82) is 0 Å². The summed E-state index contributed by atoms with van der Waals surface area (Å²) in [5, 5.41) is 9.21. The van der Waals surface area contributed by atoms with Gasteiger partial charge in [-0.05, 0) is 25.5 Å². The average Bonchev–Trinajstić information content (AvgIpc) is 2.07. The molecule has 1 N–H and O–H groups in total. The second-order valence-corrected chi connectivity index (χ2v) is 2.48. The SMILES string of the molecule is CCOc1ccc(C)c(F)c1O. The van der Waals surface area contributed by atoms with Gasteiger partial charge in [0.25, 0.3) is 0 Å². The van der Waals surface area contributed by atoms with E-state index in [2.05, 4.69) is 0 Å². The molecule has 0 heterocycles. The molecule has 2 nitrogen and oxygen atoms in total. The van der Waals surface area contributed by atoms with E-state index in [4.69, 9.17) is 4.74 Å². The first-order valence-corrected chi connectivity index (χ1v) is 3.77. The molecule has 0 aliphatic rings. The van der Waals surface area contributed by atoms with E-state index in [0.29, 0.717) is 12.2 Å². The van der Waals surface area contributed by atoms with Crippen LogP contribution in [0.25, 0.3) is 0 Å². The molecule has 0 unspecified atom stereocenters. The lowest BCUT2D eigenvalue weighted by atomic mass is 10.2. The number of hydrogen-bond donors (Lipinski definition) is 1. The predicted octanol–water partition coefficient (Wildman–Crippen LogP) is 2.24. The second kappa shape index (κ2) is 3.43. The molecule has 0 saturated carbocycles. The molecule has 12 heavy (non-hydrogen) atoms. The number of aryl methyl sites for hydroxylation is 1. The first kappa shape index (κ1) is 8.84. The molecule has 1 aromatic rings. The van der Waals surface area contributed by atoms with E-state index >= 15 is 0 Å². The smallest absolute Gasteiger partial charge is 0.194 e. The van der Waals surface area contributed by atoms with E-state index in [1.54, 1.807) is 26.0 Å². The Kier molecular flexibility index (Phi) is 2.53. The van der Waals surface area contributed by atoms with Crippen molar-refractivity contribution in [3.8, 4) is 11.5 Å². The first-order chi connectivity index (χ1) is 5.66. The van der Waals surface area contributed by atoms with E-state index in [-0.39, 0.29) is 5.75 Å². The molecule has 0 atom stereocenters. The Balaban J connectivity index is 3.08. The first-order valence-electron chi connectivity index (χ1n) is 3.77. The van der Waals surface area contributed by atoms with Crippen LogP contribution in [0.15, 0.2) is 12.1 Å². The highest BCUT2D eigenvalue weighted by molar-refractivity contribution is 5.42. The topological polar surface area (TPSA) is 29.5 Å². The van der Waals surface area contributed by atoms with Crippen LogP contribution in [0.1, 0.15) is 12.5 Å². The molecular weight excluding hydrogens is 159 g/mol. The minimum atomic E-state index is -0.610. The Hall–Kier alpha value is -1.25. The number of phenols is 1. The molecule has 0 aliphatic heterocycles. The Morgan fingerprint density at radius 1 is 1.50 bits per heavy atom. The van der Waals surface area contributed by atoms with Gasteiger partial charge in [0.1, 0.15) is 0 Å². The molecule has 0 aliphatic carbocycles. The van der Waals surface area contributed by atoms with Crippen LogP contribution >= 0.6 is 0 Å². The summed E-state index contributed by atoms with van der Waals surface area (Å²) in [7, 11) is 0. The average molecular weight is 170 g/mol. The van der Waals surface area contributed by atoms with Crippen LogP contribution in [-0.2, 0) is 0 Å². The monoisotopic (exact) mass is 170 g/mol. The van der Waals surface area contributed by atoms with E-state index in [9.17, 15) is 9.50 Å². The third kappa shape index (κ3) is 1.49. The van der Waals surface area contributed by atoms with Crippen molar-refractivity contribution in [2.24, 2.45) is 0 Å². The lowest BCUT2D eigenvalue weighted by Gasteiger charge is -2.06. The summed E-state index contributed by atoms with van der Waals surface area (Å²) >= 11 is 0. The summed E-state index contributed by atoms with van der Waals surface area (Å²) in [5.41, 5.74) is 0.413. The van der Waals surface area contributed by atoms with Crippen LogP contribution in [-0.4, -0.2) is 11.7 Å². The number of hydrogen-bond acceptors (Lipinski definition) is 2. The van der Waals surface area contributed by atoms with Gasteiger partial charge in [-0.2, -0.15) is 0 Å². The molecule has 3 heteroatoms. The van der Waals surface area contributed by atoms with Gasteiger partial charge >= 0.3 is 0 Å². The summed E-state index contributed by atoms with van der Waals surface area (Å²) < 4.78 is 18.0. The van der Waals surface area contributed by atoms with Crippen molar-refractivity contribution >= 4 is 0 Å². The number of halogens is 1. The van der Waals surface area contributed by atoms with Crippen molar-refractivity contribution in [3.05, 3.63) is 23.5 Å². The maximum absolute atomic E-state index is 13.0. The van der Waals surface area contributed by atoms with Gasteiger partial charge in [-0.1, -0.05) is 6.07 Å². The number of rotatable bonds is 2. The maximum Gasteiger partial charge on any atom is 0.194 e. The molecule has 0 bridgehead atoms. The summed E-state index contributed by atoms with van der Waals surface area (Å²) in [6.45, 7) is 3.78. The molecule has 0 spiro atoms. The molecular formula is C9H11FO2. The van der Waals surface area contributed by atoms with Crippen LogP contribution in [0.5, 0.6) is 11.5 Å². The Morgan fingerprint density at radius 2 is 2.17 bits per heavy atom. The third-order valence-electron chi connectivity index (χ3n) is 1.57. The quantitative estimate of drug-likeness (QED) is 0.737. The van der Waals surface area contributed by atoms with Crippen LogP contribution < -0.4 is 4.74 Å². The fraction of sp³-hybridized carbons (Fsp3) is 0.333. The van der Waals surface area contributed by atoms with Crippen molar-refractivity contribution in [1.82, 2.24) is 0 Å². The summed E-state index contributed by atoms with van der Waals surface area (Å²) in [6, 6.07) is 3.12. The standard InChI is InChI=1S/C9H11FO2/c1-3-12-7-5-4-6(2)8(10)9(7)11/h4-5,11H,3H2,1-2H3. The van der Waals surface area contributed by atoms with E-state index in [1.165, 1.54) is 0 Å². The Labute approximate surface area is 70.6 Å². The molecule has 1 rings (SSSR count). The van der Waals surface area contributed by atoms with E-state index in [0.717, 1.165) is 0 Å². The molecule has 0 fully saturated rings. The van der Waals surface area contributed by atoms with Crippen molar-refractivity contribution in [3.63, 3.8) is 0 Å². The fourth-order valence-electron chi connectivity index (χ4n) is 0.920. The fourth-order valence-corrected chi connectivity index (χ4v) is 0.920. The molecule has 0 saturated heterocycles. The minimum absolute atomic E-state index is 0.195. The molecule has 1 aromatic carbocycles. The van der Waals surface area contributed by atoms with Gasteiger partial charge in [0, 0.05) is 0 Å². The van der Waals surface area contributed by atoms with Gasteiger partial charge in [0.05, 0.1) is 6.61 Å². The van der Waals surface area contributed by atoms with Crippen LogP contribution in [0.4, 0.5) is 4.39 Å². The van der Waals surface area contributed by atoms with Crippen LogP contribution in [0, 0.1) is 12.7 Å². The van der Waals surface area contributed by atoms with Crippen molar-refractivity contribution in [2.75, 3.05) is 6.61 Å². The van der Waals surface area contributed by atoms with Gasteiger partial charge in [-0.3, -0.25) is 0 Å². The number of aromatic hydroxyl groups is 1. The van der Waals surface area contributed by atoms with Gasteiger partial charge in [-0.15, -0.1) is 0 Å². The van der Waals surface area contributed by atoms with E-state index < -0.39 is 11.6 Å². The Bertz CT molecular complexity index is 284. The van der Waals surface area contributed by atoms with Crippen LogP contribution in [0.3, 0.4) is 0 Å². The van der Waals surface area contributed by atoms with Gasteiger partial charge in [0.2, 0.25) is 0 Å². The van der Waals surface area contributed by atoms with Gasteiger partial charge in [-0.25, -0.2) is 4.39 Å². The highest BCUT2D eigenvalue weighted by Crippen LogP contribution is 2.30. The molecule has 0 radical (unpaired) electrons. The molecule has 0 aromatic heterocycles. The summed E-state index contributed by atoms with van der Waals surface area (Å²) in [5.74, 6) is -0.821. The second-order valence-electron chi connectivity index (χ2n) is 2.48.